The summed E-state index contributed by atoms with van der Waals surface area (Å²) >= 11 is 0. The van der Waals surface area contributed by atoms with Gasteiger partial charge in [0.1, 0.15) is 0 Å². The summed E-state index contributed by atoms with van der Waals surface area (Å²) in [7, 11) is 3.88. The Balaban J connectivity index is 1.56. The van der Waals surface area contributed by atoms with Crippen molar-refractivity contribution in [2.75, 3.05) is 25.1 Å². The van der Waals surface area contributed by atoms with Crippen LogP contribution >= 0.6 is 0 Å². The molecule has 7 nitrogen and oxygen atoms in total. The largest absolute Gasteiger partial charge is 0.377 e. The molecule has 0 amide bonds. The minimum Gasteiger partial charge on any atom is -0.377 e. The molecule has 0 aliphatic heterocycles. The molecule has 0 N–H and O–H groups in total. The predicted molar refractivity (Wildman–Crippen MR) is 101 cm³/mol. The Labute approximate surface area is 152 Å². The lowest BCUT2D eigenvalue weighted by atomic mass is 10.2. The van der Waals surface area contributed by atoms with Crippen LogP contribution in [0.2, 0.25) is 0 Å². The fourth-order valence-electron chi connectivity index (χ4n) is 2.90. The van der Waals surface area contributed by atoms with Gasteiger partial charge in [0.15, 0.2) is 0 Å². The molecule has 0 aliphatic carbocycles. The van der Waals surface area contributed by atoms with Crippen molar-refractivity contribution in [2.45, 2.75) is 13.0 Å². The summed E-state index contributed by atoms with van der Waals surface area (Å²) in [5, 5.41) is 10.9. The zero-order valence-electron chi connectivity index (χ0n) is 15.0. The molecule has 0 saturated carbocycles. The summed E-state index contributed by atoms with van der Waals surface area (Å²) in [4.78, 5) is 17.1. The highest BCUT2D eigenvalue weighted by Crippen LogP contribution is 2.24. The molecule has 26 heavy (non-hydrogen) atoms. The number of benzene rings is 2. The molecule has 0 bridgehead atoms. The first-order valence-corrected chi connectivity index (χ1v) is 8.50. The molecular weight excluding hydrogens is 332 g/mol. The van der Waals surface area contributed by atoms with Crippen molar-refractivity contribution in [2.24, 2.45) is 7.05 Å². The van der Waals surface area contributed by atoms with Crippen molar-refractivity contribution in [3.63, 3.8) is 0 Å². The molecule has 1 heterocycles. The zero-order chi connectivity index (χ0) is 18.5. The van der Waals surface area contributed by atoms with Crippen molar-refractivity contribution in [3.05, 3.63) is 64.2 Å². The minimum atomic E-state index is -0.401. The molecule has 0 spiro atoms. The van der Waals surface area contributed by atoms with Crippen LogP contribution in [0.1, 0.15) is 12.0 Å². The van der Waals surface area contributed by atoms with Crippen LogP contribution < -0.4 is 4.90 Å². The molecule has 0 radical (unpaired) electrons. The maximum Gasteiger partial charge on any atom is 0.271 e. The molecule has 2 aromatic carbocycles. The van der Waals surface area contributed by atoms with Gasteiger partial charge in [-0.1, -0.05) is 30.3 Å². The second kappa shape index (κ2) is 7.97. The number of hydrogen-bond donors (Lipinski definition) is 0. The SMILES string of the molecule is CN(CCCOCc1ccccc1)c1nc2cc([N+](=O)[O-])ccc2n1C. The first kappa shape index (κ1) is 17.9. The summed E-state index contributed by atoms with van der Waals surface area (Å²) in [6, 6.07) is 14.8. The molecule has 0 fully saturated rings. The van der Waals surface area contributed by atoms with E-state index in [1.165, 1.54) is 12.1 Å². The monoisotopic (exact) mass is 354 g/mol. The number of nitro groups is 1. The number of fused-ring (bicyclic) bond motifs is 1. The van der Waals surface area contributed by atoms with Gasteiger partial charge in [0.05, 0.1) is 22.6 Å². The fraction of sp³-hybridized carbons (Fsp3) is 0.316. The van der Waals surface area contributed by atoms with Gasteiger partial charge in [-0.2, -0.15) is 0 Å². The number of nitrogens with zero attached hydrogens (tertiary/aromatic N) is 4. The summed E-state index contributed by atoms with van der Waals surface area (Å²) < 4.78 is 7.66. The van der Waals surface area contributed by atoms with E-state index in [2.05, 4.69) is 4.98 Å². The second-order valence-electron chi connectivity index (χ2n) is 6.21. The van der Waals surface area contributed by atoms with Crippen molar-refractivity contribution in [1.29, 1.82) is 0 Å². The lowest BCUT2D eigenvalue weighted by Crippen LogP contribution is -2.22. The van der Waals surface area contributed by atoms with Crippen molar-refractivity contribution in [1.82, 2.24) is 9.55 Å². The summed E-state index contributed by atoms with van der Waals surface area (Å²) in [6.45, 7) is 2.06. The highest BCUT2D eigenvalue weighted by atomic mass is 16.6. The third-order valence-corrected chi connectivity index (χ3v) is 4.29. The summed E-state index contributed by atoms with van der Waals surface area (Å²) in [5.74, 6) is 0.781. The third-order valence-electron chi connectivity index (χ3n) is 4.29. The van der Waals surface area contributed by atoms with E-state index in [0.717, 1.165) is 30.0 Å². The van der Waals surface area contributed by atoms with E-state index in [1.807, 2.05) is 53.9 Å². The lowest BCUT2D eigenvalue weighted by molar-refractivity contribution is -0.384. The fourth-order valence-corrected chi connectivity index (χ4v) is 2.90. The molecule has 7 heteroatoms. The van der Waals surface area contributed by atoms with Gasteiger partial charge in [-0.15, -0.1) is 0 Å². The Bertz CT molecular complexity index is 892. The molecule has 0 saturated heterocycles. The van der Waals surface area contributed by atoms with Crippen molar-refractivity contribution in [3.8, 4) is 0 Å². The van der Waals surface area contributed by atoms with Crippen LogP contribution in [0.3, 0.4) is 0 Å². The van der Waals surface area contributed by atoms with Crippen LogP contribution in [-0.2, 0) is 18.4 Å². The van der Waals surface area contributed by atoms with Crippen LogP contribution in [0.25, 0.3) is 11.0 Å². The van der Waals surface area contributed by atoms with E-state index in [9.17, 15) is 10.1 Å². The van der Waals surface area contributed by atoms with Gasteiger partial charge in [0.25, 0.3) is 5.69 Å². The molecule has 3 aromatic rings. The van der Waals surface area contributed by atoms with Gasteiger partial charge < -0.3 is 14.2 Å². The number of rotatable bonds is 8. The van der Waals surface area contributed by atoms with Crippen molar-refractivity contribution < 1.29 is 9.66 Å². The van der Waals surface area contributed by atoms with E-state index in [1.54, 1.807) is 6.07 Å². The minimum absolute atomic E-state index is 0.0547. The Morgan fingerprint density at radius 2 is 2.00 bits per heavy atom. The maximum absolute atomic E-state index is 10.9. The van der Waals surface area contributed by atoms with E-state index in [-0.39, 0.29) is 5.69 Å². The van der Waals surface area contributed by atoms with Gasteiger partial charge in [0.2, 0.25) is 5.95 Å². The van der Waals surface area contributed by atoms with Crippen LogP contribution in [0, 0.1) is 10.1 Å². The van der Waals surface area contributed by atoms with Gasteiger partial charge in [-0.3, -0.25) is 10.1 Å². The number of non-ortho nitro benzene ring substituents is 1. The Morgan fingerprint density at radius 1 is 1.23 bits per heavy atom. The Kier molecular flexibility index (Phi) is 5.48. The van der Waals surface area contributed by atoms with Crippen LogP contribution in [0.5, 0.6) is 0 Å². The summed E-state index contributed by atoms with van der Waals surface area (Å²) in [6.07, 6.45) is 0.868. The predicted octanol–water partition coefficient (Wildman–Crippen LogP) is 3.52. The normalized spacial score (nSPS) is 11.0. The standard InChI is InChI=1S/C19H22N4O3/c1-21(11-6-12-26-14-15-7-4-3-5-8-15)19-20-17-13-16(23(24)25)9-10-18(17)22(19)2/h3-5,7-10,13H,6,11-12,14H2,1-2H3. The summed E-state index contributed by atoms with van der Waals surface area (Å²) in [5.41, 5.74) is 2.72. The topological polar surface area (TPSA) is 73.4 Å². The number of anilines is 1. The number of nitro benzene ring substituents is 1. The molecule has 1 aromatic heterocycles. The highest BCUT2D eigenvalue weighted by Gasteiger charge is 2.14. The highest BCUT2D eigenvalue weighted by molar-refractivity contribution is 5.81. The number of ether oxygens (including phenoxy) is 1. The molecule has 3 rings (SSSR count). The number of aromatic nitrogens is 2. The van der Waals surface area contributed by atoms with Gasteiger partial charge in [0, 0.05) is 39.4 Å². The first-order chi connectivity index (χ1) is 12.6. The van der Waals surface area contributed by atoms with Crippen LogP contribution in [0.15, 0.2) is 48.5 Å². The number of imidazole rings is 1. The second-order valence-corrected chi connectivity index (χ2v) is 6.21. The third kappa shape index (κ3) is 4.00. The first-order valence-electron chi connectivity index (χ1n) is 8.50. The molecular formula is C19H22N4O3. The average molecular weight is 354 g/mol. The van der Waals surface area contributed by atoms with Gasteiger partial charge >= 0.3 is 0 Å². The van der Waals surface area contributed by atoms with E-state index in [0.29, 0.717) is 18.7 Å². The quantitative estimate of drug-likeness (QED) is 0.351. The van der Waals surface area contributed by atoms with Crippen molar-refractivity contribution >= 4 is 22.7 Å². The van der Waals surface area contributed by atoms with E-state index < -0.39 is 4.92 Å². The zero-order valence-corrected chi connectivity index (χ0v) is 15.0. The number of hydrogen-bond acceptors (Lipinski definition) is 5. The Morgan fingerprint density at radius 3 is 2.73 bits per heavy atom. The van der Waals surface area contributed by atoms with E-state index in [4.69, 9.17) is 4.74 Å². The van der Waals surface area contributed by atoms with Gasteiger partial charge in [-0.05, 0) is 18.1 Å². The van der Waals surface area contributed by atoms with Crippen LogP contribution in [0.4, 0.5) is 11.6 Å². The molecule has 136 valence electrons. The van der Waals surface area contributed by atoms with Gasteiger partial charge in [-0.25, -0.2) is 4.98 Å². The molecule has 0 atom stereocenters. The Hall–Kier alpha value is -2.93. The van der Waals surface area contributed by atoms with E-state index >= 15 is 0 Å². The molecule has 0 unspecified atom stereocenters. The number of aryl methyl sites for hydroxylation is 1. The molecule has 0 aliphatic rings. The lowest BCUT2D eigenvalue weighted by Gasteiger charge is -2.18. The van der Waals surface area contributed by atoms with Crippen LogP contribution in [-0.4, -0.2) is 34.7 Å². The smallest absolute Gasteiger partial charge is 0.271 e. The average Bonchev–Trinajstić information content (AvgIpc) is 2.98. The maximum atomic E-state index is 10.9.